The minimum absolute atomic E-state index is 0.366. The van der Waals surface area contributed by atoms with E-state index in [0.29, 0.717) is 16.3 Å². The normalized spacial score (nSPS) is 13.3. The Kier molecular flexibility index (Phi) is 3.19. The summed E-state index contributed by atoms with van der Waals surface area (Å²) in [6.07, 6.45) is -2.52. The third kappa shape index (κ3) is 1.94. The standard InChI is InChI=1S/C12H8BrF3/c13-11(12(15)16)9-5-6-10(14)8-4-2-1-3-7(8)9/h1-6,11-12H. The highest BCUT2D eigenvalue weighted by molar-refractivity contribution is 9.09. The van der Waals surface area contributed by atoms with Crippen molar-refractivity contribution in [1.29, 1.82) is 0 Å². The van der Waals surface area contributed by atoms with Crippen molar-refractivity contribution < 1.29 is 13.2 Å². The second kappa shape index (κ2) is 4.45. The van der Waals surface area contributed by atoms with Crippen LogP contribution in [0.4, 0.5) is 13.2 Å². The SMILES string of the molecule is Fc1ccc(C(Br)C(F)F)c2ccccc12. The van der Waals surface area contributed by atoms with Crippen LogP contribution in [0.2, 0.25) is 0 Å². The third-order valence-electron chi connectivity index (χ3n) is 2.42. The fourth-order valence-electron chi connectivity index (χ4n) is 1.66. The quantitative estimate of drug-likeness (QED) is 0.704. The molecule has 0 N–H and O–H groups in total. The van der Waals surface area contributed by atoms with Crippen LogP contribution >= 0.6 is 15.9 Å². The molecule has 0 radical (unpaired) electrons. The molecule has 2 rings (SSSR count). The number of hydrogen-bond donors (Lipinski definition) is 0. The highest BCUT2D eigenvalue weighted by Crippen LogP contribution is 2.35. The fourth-order valence-corrected chi connectivity index (χ4v) is 2.06. The molecule has 0 saturated heterocycles. The van der Waals surface area contributed by atoms with Crippen LogP contribution < -0.4 is 0 Å². The van der Waals surface area contributed by atoms with E-state index in [9.17, 15) is 13.2 Å². The molecular formula is C12H8BrF3. The summed E-state index contributed by atoms with van der Waals surface area (Å²) >= 11 is 2.92. The van der Waals surface area contributed by atoms with Crippen LogP contribution in [0.5, 0.6) is 0 Å². The van der Waals surface area contributed by atoms with E-state index in [0.717, 1.165) is 0 Å². The van der Waals surface area contributed by atoms with Crippen LogP contribution in [0.3, 0.4) is 0 Å². The van der Waals surface area contributed by atoms with E-state index in [1.807, 2.05) is 0 Å². The van der Waals surface area contributed by atoms with Crippen molar-refractivity contribution in [3.8, 4) is 0 Å². The van der Waals surface area contributed by atoms with E-state index in [-0.39, 0.29) is 0 Å². The molecule has 16 heavy (non-hydrogen) atoms. The molecule has 1 unspecified atom stereocenters. The average molecular weight is 289 g/mol. The molecule has 0 heterocycles. The zero-order valence-corrected chi connectivity index (χ0v) is 9.72. The lowest BCUT2D eigenvalue weighted by molar-refractivity contribution is 0.148. The lowest BCUT2D eigenvalue weighted by Gasteiger charge is -2.12. The van der Waals surface area contributed by atoms with E-state index in [4.69, 9.17) is 0 Å². The van der Waals surface area contributed by atoms with Crippen molar-refractivity contribution in [2.45, 2.75) is 11.3 Å². The minimum atomic E-state index is -2.52. The molecule has 0 aliphatic heterocycles. The van der Waals surface area contributed by atoms with E-state index in [2.05, 4.69) is 15.9 Å². The molecule has 0 aromatic heterocycles. The number of fused-ring (bicyclic) bond motifs is 1. The summed E-state index contributed by atoms with van der Waals surface area (Å²) in [7, 11) is 0. The predicted molar refractivity (Wildman–Crippen MR) is 61.6 cm³/mol. The molecule has 0 fully saturated rings. The molecule has 1 atom stereocenters. The van der Waals surface area contributed by atoms with Crippen molar-refractivity contribution in [1.82, 2.24) is 0 Å². The van der Waals surface area contributed by atoms with Gasteiger partial charge >= 0.3 is 0 Å². The highest BCUT2D eigenvalue weighted by atomic mass is 79.9. The van der Waals surface area contributed by atoms with Gasteiger partial charge in [0.2, 0.25) is 0 Å². The summed E-state index contributed by atoms with van der Waals surface area (Å²) in [4.78, 5) is -1.07. The Labute approximate surface area is 99.2 Å². The number of alkyl halides is 3. The van der Waals surface area contributed by atoms with E-state index in [1.54, 1.807) is 24.3 Å². The molecule has 0 aliphatic carbocycles. The van der Waals surface area contributed by atoms with Gasteiger partial charge in [0.1, 0.15) is 10.6 Å². The fraction of sp³-hybridized carbons (Fsp3) is 0.167. The Bertz CT molecular complexity index is 511. The molecule has 84 valence electrons. The molecule has 4 heteroatoms. The molecule has 0 nitrogen and oxygen atoms in total. The molecule has 0 aliphatic rings. The lowest BCUT2D eigenvalue weighted by atomic mass is 10.0. The minimum Gasteiger partial charge on any atom is -0.209 e. The maximum absolute atomic E-state index is 13.4. The topological polar surface area (TPSA) is 0 Å². The largest absolute Gasteiger partial charge is 0.255 e. The van der Waals surface area contributed by atoms with Crippen LogP contribution in [0, 0.1) is 5.82 Å². The summed E-state index contributed by atoms with van der Waals surface area (Å²) < 4.78 is 38.6. The second-order valence-corrected chi connectivity index (χ2v) is 4.40. The van der Waals surface area contributed by atoms with Gasteiger partial charge in [-0.2, -0.15) is 0 Å². The summed E-state index contributed by atoms with van der Waals surface area (Å²) in [6.45, 7) is 0. The molecular weight excluding hydrogens is 281 g/mol. The second-order valence-electron chi connectivity index (χ2n) is 3.42. The van der Waals surface area contributed by atoms with Gasteiger partial charge < -0.3 is 0 Å². The average Bonchev–Trinajstić information content (AvgIpc) is 2.29. The summed E-state index contributed by atoms with van der Waals surface area (Å²) in [5.74, 6) is -0.395. The third-order valence-corrected chi connectivity index (χ3v) is 3.32. The Morgan fingerprint density at radius 1 is 0.938 bits per heavy atom. The Balaban J connectivity index is 2.67. The van der Waals surface area contributed by atoms with Gasteiger partial charge in [-0.1, -0.05) is 46.3 Å². The summed E-state index contributed by atoms with van der Waals surface area (Å²) in [5.41, 5.74) is 0.409. The smallest absolute Gasteiger partial charge is 0.209 e. The van der Waals surface area contributed by atoms with E-state index in [1.165, 1.54) is 12.1 Å². The maximum atomic E-state index is 13.4. The first kappa shape index (κ1) is 11.5. The Morgan fingerprint density at radius 2 is 1.56 bits per heavy atom. The number of benzene rings is 2. The van der Waals surface area contributed by atoms with Gasteiger partial charge in [0.15, 0.2) is 0 Å². The predicted octanol–water partition coefficient (Wildman–Crippen LogP) is 4.68. The molecule has 0 saturated carbocycles. The van der Waals surface area contributed by atoms with Crippen LogP contribution in [0.25, 0.3) is 10.8 Å². The van der Waals surface area contributed by atoms with Crippen LogP contribution in [-0.4, -0.2) is 6.43 Å². The van der Waals surface area contributed by atoms with Crippen LogP contribution in [0.1, 0.15) is 10.4 Å². The van der Waals surface area contributed by atoms with Gasteiger partial charge in [-0.25, -0.2) is 13.2 Å². The van der Waals surface area contributed by atoms with Crippen LogP contribution in [0.15, 0.2) is 36.4 Å². The van der Waals surface area contributed by atoms with Crippen molar-refractivity contribution in [3.05, 3.63) is 47.8 Å². The number of hydrogen-bond acceptors (Lipinski definition) is 0. The zero-order valence-electron chi connectivity index (χ0n) is 8.13. The van der Waals surface area contributed by atoms with Crippen LogP contribution in [-0.2, 0) is 0 Å². The van der Waals surface area contributed by atoms with Gasteiger partial charge in [0.05, 0.1) is 0 Å². The summed E-state index contributed by atoms with van der Waals surface area (Å²) in [6, 6.07) is 9.22. The van der Waals surface area contributed by atoms with Gasteiger partial charge in [0.25, 0.3) is 6.43 Å². The zero-order chi connectivity index (χ0) is 11.7. The molecule has 0 spiro atoms. The summed E-state index contributed by atoms with van der Waals surface area (Å²) in [5, 5.41) is 0.884. The first-order valence-electron chi connectivity index (χ1n) is 4.70. The first-order valence-corrected chi connectivity index (χ1v) is 5.62. The van der Waals surface area contributed by atoms with E-state index >= 15 is 0 Å². The van der Waals surface area contributed by atoms with Crippen molar-refractivity contribution in [2.75, 3.05) is 0 Å². The highest BCUT2D eigenvalue weighted by Gasteiger charge is 2.21. The monoisotopic (exact) mass is 288 g/mol. The van der Waals surface area contributed by atoms with Gasteiger partial charge in [0, 0.05) is 5.39 Å². The molecule has 0 bridgehead atoms. The van der Waals surface area contributed by atoms with Crippen molar-refractivity contribution >= 4 is 26.7 Å². The molecule has 2 aromatic carbocycles. The first-order chi connectivity index (χ1) is 7.61. The molecule has 2 aromatic rings. The van der Waals surface area contributed by atoms with Gasteiger partial charge in [-0.3, -0.25) is 0 Å². The number of rotatable bonds is 2. The Hall–Kier alpha value is -1.03. The van der Waals surface area contributed by atoms with Gasteiger partial charge in [-0.15, -0.1) is 0 Å². The lowest BCUT2D eigenvalue weighted by Crippen LogP contribution is -2.02. The molecule has 0 amide bonds. The van der Waals surface area contributed by atoms with Crippen molar-refractivity contribution in [3.63, 3.8) is 0 Å². The van der Waals surface area contributed by atoms with Gasteiger partial charge in [-0.05, 0) is 17.0 Å². The maximum Gasteiger partial charge on any atom is 0.255 e. The van der Waals surface area contributed by atoms with Crippen molar-refractivity contribution in [2.24, 2.45) is 0 Å². The Morgan fingerprint density at radius 3 is 2.19 bits per heavy atom. The van der Waals surface area contributed by atoms with E-state index < -0.39 is 17.1 Å². The number of halogens is 4.